The Kier molecular flexibility index (Phi) is 4.54. The van der Waals surface area contributed by atoms with E-state index in [9.17, 15) is 9.90 Å². The molecule has 0 amide bonds. The van der Waals surface area contributed by atoms with Crippen LogP contribution in [0.5, 0.6) is 11.5 Å². The molecule has 1 aromatic carbocycles. The molecule has 0 aliphatic rings. The zero-order valence-electron chi connectivity index (χ0n) is 9.27. The van der Waals surface area contributed by atoms with Crippen LogP contribution < -0.4 is 4.74 Å². The summed E-state index contributed by atoms with van der Waals surface area (Å²) in [6.45, 7) is 1.79. The van der Waals surface area contributed by atoms with Crippen molar-refractivity contribution in [1.82, 2.24) is 0 Å². The summed E-state index contributed by atoms with van der Waals surface area (Å²) in [7, 11) is 1.60. The molecule has 0 spiro atoms. The average Bonchev–Trinajstić information content (AvgIpc) is 2.22. The van der Waals surface area contributed by atoms with Gasteiger partial charge in [0.05, 0.1) is 6.61 Å². The number of aromatic hydroxyl groups is 1. The van der Waals surface area contributed by atoms with Gasteiger partial charge in [0.25, 0.3) is 0 Å². The second kappa shape index (κ2) is 5.92. The summed E-state index contributed by atoms with van der Waals surface area (Å²) in [6.07, 6.45) is 3.64. The topological polar surface area (TPSA) is 55.8 Å². The number of rotatable bonds is 4. The van der Waals surface area contributed by atoms with E-state index >= 15 is 0 Å². The number of carbonyl (C=O) groups is 1. The average molecular weight is 222 g/mol. The van der Waals surface area contributed by atoms with Crippen LogP contribution in [0.25, 0.3) is 6.08 Å². The Morgan fingerprint density at radius 2 is 2.25 bits per heavy atom. The third kappa shape index (κ3) is 3.74. The lowest BCUT2D eigenvalue weighted by molar-refractivity contribution is -0.132. The lowest BCUT2D eigenvalue weighted by atomic mass is 10.2. The maximum Gasteiger partial charge on any atom is 0.308 e. The van der Waals surface area contributed by atoms with Gasteiger partial charge in [-0.2, -0.15) is 0 Å². The van der Waals surface area contributed by atoms with E-state index in [1.54, 1.807) is 19.2 Å². The molecule has 0 aliphatic carbocycles. The van der Waals surface area contributed by atoms with E-state index in [2.05, 4.69) is 0 Å². The molecule has 86 valence electrons. The maximum atomic E-state index is 10.8. The van der Waals surface area contributed by atoms with Crippen molar-refractivity contribution in [2.75, 3.05) is 13.7 Å². The molecule has 0 atom stereocenters. The van der Waals surface area contributed by atoms with Gasteiger partial charge in [-0.25, -0.2) is 0 Å². The second-order valence-electron chi connectivity index (χ2n) is 3.18. The van der Waals surface area contributed by atoms with Crippen LogP contribution in [0.2, 0.25) is 0 Å². The Balaban J connectivity index is 2.84. The third-order valence-corrected chi connectivity index (χ3v) is 1.81. The second-order valence-corrected chi connectivity index (χ2v) is 3.18. The highest BCUT2D eigenvalue weighted by molar-refractivity contribution is 5.71. The summed E-state index contributed by atoms with van der Waals surface area (Å²) in [5.41, 5.74) is 0.825. The Labute approximate surface area is 94.1 Å². The molecule has 0 bridgehead atoms. The lowest BCUT2D eigenvalue weighted by Crippen LogP contribution is -2.01. The first-order chi connectivity index (χ1) is 7.63. The molecule has 0 radical (unpaired) electrons. The van der Waals surface area contributed by atoms with Crippen LogP contribution in [-0.2, 0) is 9.53 Å². The number of carbonyl (C=O) groups excluding carboxylic acids is 1. The number of benzene rings is 1. The minimum Gasteiger partial charge on any atom is -0.504 e. The number of hydrogen-bond acceptors (Lipinski definition) is 4. The monoisotopic (exact) mass is 222 g/mol. The molecule has 16 heavy (non-hydrogen) atoms. The van der Waals surface area contributed by atoms with Crippen molar-refractivity contribution in [1.29, 1.82) is 0 Å². The molecule has 0 saturated heterocycles. The van der Waals surface area contributed by atoms with E-state index in [-0.39, 0.29) is 11.5 Å². The number of esters is 1. The van der Waals surface area contributed by atoms with Crippen LogP contribution in [0.3, 0.4) is 0 Å². The van der Waals surface area contributed by atoms with Gasteiger partial charge in [-0.05, 0) is 17.7 Å². The van der Waals surface area contributed by atoms with Gasteiger partial charge in [-0.3, -0.25) is 4.79 Å². The normalized spacial score (nSPS) is 10.6. The van der Waals surface area contributed by atoms with E-state index in [4.69, 9.17) is 9.47 Å². The van der Waals surface area contributed by atoms with Crippen LogP contribution >= 0.6 is 0 Å². The Bertz CT molecular complexity index is 396. The molecule has 1 rings (SSSR count). The summed E-state index contributed by atoms with van der Waals surface area (Å²) in [5.74, 6) is -0.362. The zero-order chi connectivity index (χ0) is 12.0. The van der Waals surface area contributed by atoms with Crippen LogP contribution in [0, 0.1) is 0 Å². The number of ether oxygens (including phenoxy) is 2. The zero-order valence-corrected chi connectivity index (χ0v) is 9.27. The van der Waals surface area contributed by atoms with Crippen molar-refractivity contribution in [2.24, 2.45) is 0 Å². The summed E-state index contributed by atoms with van der Waals surface area (Å²) in [4.78, 5) is 10.8. The van der Waals surface area contributed by atoms with Gasteiger partial charge in [0.2, 0.25) is 0 Å². The summed E-state index contributed by atoms with van der Waals surface area (Å²) < 4.78 is 9.70. The summed E-state index contributed by atoms with van der Waals surface area (Å²) in [5, 5.41) is 9.43. The van der Waals surface area contributed by atoms with Crippen LogP contribution in [-0.4, -0.2) is 24.8 Å². The first-order valence-corrected chi connectivity index (χ1v) is 4.80. The quantitative estimate of drug-likeness (QED) is 0.625. The molecule has 0 fully saturated rings. The predicted molar refractivity (Wildman–Crippen MR) is 60.3 cm³/mol. The van der Waals surface area contributed by atoms with E-state index in [0.717, 1.165) is 5.56 Å². The first kappa shape index (κ1) is 12.3. The van der Waals surface area contributed by atoms with Crippen molar-refractivity contribution in [3.63, 3.8) is 0 Å². The van der Waals surface area contributed by atoms with Gasteiger partial charge in [0.1, 0.15) is 0 Å². The largest absolute Gasteiger partial charge is 0.504 e. The van der Waals surface area contributed by atoms with Crippen molar-refractivity contribution in [3.8, 4) is 11.5 Å². The van der Waals surface area contributed by atoms with Gasteiger partial charge < -0.3 is 14.6 Å². The SMILES string of the molecule is COC/C=C/c1ccc(O)c(OC(C)=O)c1. The van der Waals surface area contributed by atoms with Crippen molar-refractivity contribution in [3.05, 3.63) is 29.8 Å². The number of phenols is 1. The minimum atomic E-state index is -0.465. The molecular formula is C12H14O4. The molecule has 1 N–H and O–H groups in total. The van der Waals surface area contributed by atoms with Crippen molar-refractivity contribution < 1.29 is 19.4 Å². The van der Waals surface area contributed by atoms with Gasteiger partial charge >= 0.3 is 5.97 Å². The highest BCUT2D eigenvalue weighted by Crippen LogP contribution is 2.27. The maximum absolute atomic E-state index is 10.8. The molecule has 0 saturated carbocycles. The Morgan fingerprint density at radius 1 is 1.50 bits per heavy atom. The minimum absolute atomic E-state index is 0.0564. The van der Waals surface area contributed by atoms with Crippen LogP contribution in [0.1, 0.15) is 12.5 Å². The van der Waals surface area contributed by atoms with E-state index < -0.39 is 5.97 Å². The van der Waals surface area contributed by atoms with Gasteiger partial charge in [-0.15, -0.1) is 0 Å². The summed E-state index contributed by atoms with van der Waals surface area (Å²) >= 11 is 0. The highest BCUT2D eigenvalue weighted by atomic mass is 16.5. The number of methoxy groups -OCH3 is 1. The van der Waals surface area contributed by atoms with E-state index in [0.29, 0.717) is 6.61 Å². The van der Waals surface area contributed by atoms with Crippen molar-refractivity contribution >= 4 is 12.0 Å². The molecule has 4 heteroatoms. The van der Waals surface area contributed by atoms with Gasteiger partial charge in [0, 0.05) is 14.0 Å². The molecule has 0 aromatic heterocycles. The fraction of sp³-hybridized carbons (Fsp3) is 0.250. The van der Waals surface area contributed by atoms with E-state index in [1.807, 2.05) is 12.2 Å². The first-order valence-electron chi connectivity index (χ1n) is 4.80. The Morgan fingerprint density at radius 3 is 2.88 bits per heavy atom. The van der Waals surface area contributed by atoms with Crippen LogP contribution in [0.4, 0.5) is 0 Å². The predicted octanol–water partition coefficient (Wildman–Crippen LogP) is 1.98. The van der Waals surface area contributed by atoms with E-state index in [1.165, 1.54) is 13.0 Å². The molecule has 4 nitrogen and oxygen atoms in total. The van der Waals surface area contributed by atoms with Crippen molar-refractivity contribution in [2.45, 2.75) is 6.92 Å². The highest BCUT2D eigenvalue weighted by Gasteiger charge is 2.04. The van der Waals surface area contributed by atoms with Gasteiger partial charge in [-0.1, -0.05) is 18.2 Å². The number of hydrogen-bond donors (Lipinski definition) is 1. The lowest BCUT2D eigenvalue weighted by Gasteiger charge is -2.04. The fourth-order valence-electron chi connectivity index (χ4n) is 1.15. The standard InChI is InChI=1S/C12H14O4/c1-9(13)16-12-8-10(4-3-7-15-2)5-6-11(12)14/h3-6,8,14H,7H2,1-2H3/b4-3+. The van der Waals surface area contributed by atoms with Crippen LogP contribution in [0.15, 0.2) is 24.3 Å². The Hall–Kier alpha value is -1.81. The molecule has 0 heterocycles. The molecule has 0 unspecified atom stereocenters. The van der Waals surface area contributed by atoms with Gasteiger partial charge in [0.15, 0.2) is 11.5 Å². The third-order valence-electron chi connectivity index (χ3n) is 1.81. The number of phenolic OH excluding ortho intramolecular Hbond substituents is 1. The molecular weight excluding hydrogens is 208 g/mol. The smallest absolute Gasteiger partial charge is 0.308 e. The fourth-order valence-corrected chi connectivity index (χ4v) is 1.15. The molecule has 1 aromatic rings. The summed E-state index contributed by atoms with van der Waals surface area (Å²) in [6, 6.07) is 4.78. The molecule has 0 aliphatic heterocycles.